The van der Waals surface area contributed by atoms with Crippen LogP contribution in [0.15, 0.2) is 71.3 Å². The molecule has 3 aromatic rings. The third-order valence-electron chi connectivity index (χ3n) is 6.36. The number of nitrogens with zero attached hydrogens (tertiary/aromatic N) is 2. The minimum Gasteiger partial charge on any atom is -0.497 e. The summed E-state index contributed by atoms with van der Waals surface area (Å²) in [6.45, 7) is 3.69. The van der Waals surface area contributed by atoms with E-state index in [0.717, 1.165) is 48.9 Å². The van der Waals surface area contributed by atoms with E-state index in [1.165, 1.54) is 0 Å². The van der Waals surface area contributed by atoms with Gasteiger partial charge in [0.1, 0.15) is 17.3 Å². The molecule has 0 aliphatic carbocycles. The lowest BCUT2D eigenvalue weighted by atomic mass is 10.1. The van der Waals surface area contributed by atoms with E-state index < -0.39 is 11.8 Å². The second-order valence-corrected chi connectivity index (χ2v) is 8.46. The Balaban J connectivity index is 1.32. The van der Waals surface area contributed by atoms with Crippen molar-refractivity contribution in [3.8, 4) is 11.5 Å². The van der Waals surface area contributed by atoms with Gasteiger partial charge in [-0.2, -0.15) is 0 Å². The molecule has 9 heteroatoms. The van der Waals surface area contributed by atoms with E-state index in [4.69, 9.17) is 13.9 Å². The number of benzene rings is 2. The molecular weight excluding hydrogens is 460 g/mol. The monoisotopic (exact) mass is 492 g/mol. The Labute approximate surface area is 211 Å². The predicted molar refractivity (Wildman–Crippen MR) is 136 cm³/mol. The number of hydrogen-bond acceptors (Lipinski definition) is 7. The van der Waals surface area contributed by atoms with Gasteiger partial charge in [-0.1, -0.05) is 18.2 Å². The average molecular weight is 493 g/mol. The van der Waals surface area contributed by atoms with Crippen LogP contribution in [0.3, 0.4) is 0 Å². The highest BCUT2D eigenvalue weighted by Gasteiger charge is 2.28. The SMILES string of the molecule is COc1ccc(N2CCN([C@@H](CNC(=O)C(=O)NCc3ccccc3OC)c3ccco3)CC2)cc1. The fourth-order valence-corrected chi connectivity index (χ4v) is 4.35. The molecule has 2 amide bonds. The van der Waals surface area contributed by atoms with Gasteiger partial charge in [0.15, 0.2) is 0 Å². The number of furan rings is 1. The zero-order chi connectivity index (χ0) is 25.3. The fraction of sp³-hybridized carbons (Fsp3) is 0.333. The molecule has 0 spiro atoms. The van der Waals surface area contributed by atoms with Crippen LogP contribution in [-0.4, -0.2) is 63.7 Å². The highest BCUT2D eigenvalue weighted by atomic mass is 16.5. The summed E-state index contributed by atoms with van der Waals surface area (Å²) >= 11 is 0. The molecule has 0 unspecified atom stereocenters. The van der Waals surface area contributed by atoms with Crippen LogP contribution in [0.5, 0.6) is 11.5 Å². The molecule has 9 nitrogen and oxygen atoms in total. The first-order valence-electron chi connectivity index (χ1n) is 11.9. The van der Waals surface area contributed by atoms with Crippen LogP contribution >= 0.6 is 0 Å². The van der Waals surface area contributed by atoms with Crippen LogP contribution < -0.4 is 25.0 Å². The lowest BCUT2D eigenvalue weighted by molar-refractivity contribution is -0.139. The normalized spacial score (nSPS) is 14.7. The van der Waals surface area contributed by atoms with Crippen LogP contribution in [0.1, 0.15) is 17.4 Å². The largest absolute Gasteiger partial charge is 0.497 e. The summed E-state index contributed by atoms with van der Waals surface area (Å²) in [4.78, 5) is 29.6. The van der Waals surface area contributed by atoms with Crippen LogP contribution in [0.25, 0.3) is 0 Å². The molecule has 0 radical (unpaired) electrons. The third kappa shape index (κ3) is 6.17. The second kappa shape index (κ2) is 12.1. The smallest absolute Gasteiger partial charge is 0.309 e. The van der Waals surface area contributed by atoms with Crippen LogP contribution in [-0.2, 0) is 16.1 Å². The highest BCUT2D eigenvalue weighted by molar-refractivity contribution is 6.35. The Morgan fingerprint density at radius 2 is 1.61 bits per heavy atom. The van der Waals surface area contributed by atoms with Gasteiger partial charge in [0.25, 0.3) is 0 Å². The number of piperazine rings is 1. The summed E-state index contributed by atoms with van der Waals surface area (Å²) in [5.41, 5.74) is 1.94. The van der Waals surface area contributed by atoms with Gasteiger partial charge < -0.3 is 29.4 Å². The van der Waals surface area contributed by atoms with Crippen LogP contribution in [0.2, 0.25) is 0 Å². The molecule has 1 aliphatic rings. The molecule has 1 fully saturated rings. The van der Waals surface area contributed by atoms with Crippen molar-refractivity contribution in [2.75, 3.05) is 51.8 Å². The van der Waals surface area contributed by atoms with E-state index >= 15 is 0 Å². The van der Waals surface area contributed by atoms with Crippen LogP contribution in [0, 0.1) is 0 Å². The molecule has 1 atom stereocenters. The molecule has 1 aliphatic heterocycles. The van der Waals surface area contributed by atoms with E-state index in [0.29, 0.717) is 5.75 Å². The summed E-state index contributed by atoms with van der Waals surface area (Å²) in [7, 11) is 3.23. The molecule has 2 heterocycles. The maximum Gasteiger partial charge on any atom is 0.309 e. The van der Waals surface area contributed by atoms with Gasteiger partial charge in [0.05, 0.1) is 26.5 Å². The quantitative estimate of drug-likeness (QED) is 0.443. The maximum absolute atomic E-state index is 12.5. The number of carbonyl (C=O) groups is 2. The van der Waals surface area contributed by atoms with E-state index in [1.54, 1.807) is 20.5 Å². The highest BCUT2D eigenvalue weighted by Crippen LogP contribution is 2.25. The Bertz CT molecular complexity index is 1130. The number of hydrogen-bond donors (Lipinski definition) is 2. The minimum atomic E-state index is -0.691. The minimum absolute atomic E-state index is 0.177. The summed E-state index contributed by atoms with van der Waals surface area (Å²) in [5, 5.41) is 5.44. The maximum atomic E-state index is 12.5. The number of ether oxygens (including phenoxy) is 2. The summed E-state index contributed by atoms with van der Waals surface area (Å²) in [6, 6.07) is 18.9. The Kier molecular flexibility index (Phi) is 8.46. The molecular formula is C27H32N4O5. The molecule has 36 heavy (non-hydrogen) atoms. The number of amides is 2. The fourth-order valence-electron chi connectivity index (χ4n) is 4.35. The molecule has 190 valence electrons. The van der Waals surface area contributed by atoms with Crippen molar-refractivity contribution in [2.45, 2.75) is 12.6 Å². The first kappa shape index (κ1) is 25.1. The molecule has 0 saturated carbocycles. The molecule has 4 rings (SSSR count). The number of para-hydroxylation sites is 1. The summed E-state index contributed by atoms with van der Waals surface area (Å²) in [5.74, 6) is 0.868. The average Bonchev–Trinajstić information content (AvgIpc) is 3.47. The van der Waals surface area contributed by atoms with Crippen molar-refractivity contribution in [1.29, 1.82) is 0 Å². The number of anilines is 1. The molecule has 1 saturated heterocycles. The first-order valence-corrected chi connectivity index (χ1v) is 11.9. The van der Waals surface area contributed by atoms with E-state index in [9.17, 15) is 9.59 Å². The van der Waals surface area contributed by atoms with Crippen molar-refractivity contribution in [1.82, 2.24) is 15.5 Å². The Morgan fingerprint density at radius 3 is 2.28 bits per heavy atom. The Morgan fingerprint density at radius 1 is 0.889 bits per heavy atom. The van der Waals surface area contributed by atoms with Crippen molar-refractivity contribution in [2.24, 2.45) is 0 Å². The van der Waals surface area contributed by atoms with E-state index in [-0.39, 0.29) is 19.1 Å². The van der Waals surface area contributed by atoms with Gasteiger partial charge in [-0.15, -0.1) is 0 Å². The van der Waals surface area contributed by atoms with Crippen LogP contribution in [0.4, 0.5) is 5.69 Å². The molecule has 2 aromatic carbocycles. The van der Waals surface area contributed by atoms with Gasteiger partial charge in [-0.25, -0.2) is 0 Å². The predicted octanol–water partition coefficient (Wildman–Crippen LogP) is 2.59. The third-order valence-corrected chi connectivity index (χ3v) is 6.36. The second-order valence-electron chi connectivity index (χ2n) is 8.46. The van der Waals surface area contributed by atoms with Gasteiger partial charge in [-0.05, 0) is 42.5 Å². The zero-order valence-corrected chi connectivity index (χ0v) is 20.6. The lowest BCUT2D eigenvalue weighted by Gasteiger charge is -2.39. The van der Waals surface area contributed by atoms with Gasteiger partial charge in [0.2, 0.25) is 0 Å². The lowest BCUT2D eigenvalue weighted by Crippen LogP contribution is -2.50. The standard InChI is InChI=1S/C27H32N4O5/c1-34-22-11-9-21(10-12-22)30-13-15-31(16-14-30)23(25-8-5-17-36-25)19-29-27(33)26(32)28-18-20-6-3-4-7-24(20)35-2/h3-12,17,23H,13-16,18-19H2,1-2H3,(H,28,32)(H,29,33)/t23-/m0/s1. The van der Waals surface area contributed by atoms with Gasteiger partial charge in [0, 0.05) is 50.5 Å². The van der Waals surface area contributed by atoms with Gasteiger partial charge in [-0.3, -0.25) is 14.5 Å². The molecule has 0 bridgehead atoms. The number of rotatable bonds is 9. The Hall–Kier alpha value is -3.98. The first-order chi connectivity index (χ1) is 17.6. The van der Waals surface area contributed by atoms with Gasteiger partial charge >= 0.3 is 11.8 Å². The van der Waals surface area contributed by atoms with Crippen molar-refractivity contribution in [3.05, 3.63) is 78.3 Å². The van der Waals surface area contributed by atoms with Crippen molar-refractivity contribution in [3.63, 3.8) is 0 Å². The van der Waals surface area contributed by atoms with Crippen molar-refractivity contribution >= 4 is 17.5 Å². The molecule has 1 aromatic heterocycles. The van der Waals surface area contributed by atoms with Crippen molar-refractivity contribution < 1.29 is 23.5 Å². The van der Waals surface area contributed by atoms with E-state index in [2.05, 4.69) is 32.6 Å². The topological polar surface area (TPSA) is 96.3 Å². The number of nitrogens with one attached hydrogen (secondary N) is 2. The molecule has 2 N–H and O–H groups in total. The summed E-state index contributed by atoms with van der Waals surface area (Å²) in [6.07, 6.45) is 1.62. The zero-order valence-electron chi connectivity index (χ0n) is 20.6. The number of methoxy groups -OCH3 is 2. The summed E-state index contributed by atoms with van der Waals surface area (Å²) < 4.78 is 16.2. The number of carbonyl (C=O) groups excluding carboxylic acids is 2. The van der Waals surface area contributed by atoms with E-state index in [1.807, 2.05) is 48.5 Å².